The van der Waals surface area contributed by atoms with Crippen LogP contribution < -0.4 is 16.0 Å². The van der Waals surface area contributed by atoms with Crippen molar-refractivity contribution in [3.8, 4) is 0 Å². The first kappa shape index (κ1) is 19.9. The lowest BCUT2D eigenvalue weighted by Crippen LogP contribution is -2.41. The molecule has 1 aromatic heterocycles. The minimum Gasteiger partial charge on any atom is -0.462 e. The van der Waals surface area contributed by atoms with Crippen LogP contribution in [0, 0.1) is 20.8 Å². The van der Waals surface area contributed by atoms with Crippen molar-refractivity contribution >= 4 is 45.5 Å². The van der Waals surface area contributed by atoms with E-state index in [0.717, 1.165) is 39.4 Å². The van der Waals surface area contributed by atoms with Crippen molar-refractivity contribution in [2.24, 2.45) is 0 Å². The summed E-state index contributed by atoms with van der Waals surface area (Å²) in [5.74, 6) is -0.960. The molecule has 3 N–H and O–H groups in total. The largest absolute Gasteiger partial charge is 0.462 e. The Morgan fingerprint density at radius 2 is 1.79 bits per heavy atom. The fourth-order valence-electron chi connectivity index (χ4n) is 2.97. The zero-order chi connectivity index (χ0) is 20.4. The molecule has 7 nitrogen and oxygen atoms in total. The van der Waals surface area contributed by atoms with E-state index in [4.69, 9.17) is 4.74 Å². The molecule has 1 unspecified atom stereocenters. The maximum Gasteiger partial charge on any atom is 0.348 e. The molecule has 0 radical (unpaired) electrons. The molecule has 0 aliphatic carbocycles. The number of thiophene rings is 1. The summed E-state index contributed by atoms with van der Waals surface area (Å²) in [5, 5.41) is 9.30. The van der Waals surface area contributed by atoms with Crippen LogP contribution in [-0.2, 0) is 14.3 Å². The number of amides is 2. The van der Waals surface area contributed by atoms with Gasteiger partial charge in [-0.3, -0.25) is 9.59 Å². The van der Waals surface area contributed by atoms with Gasteiger partial charge in [0.1, 0.15) is 10.9 Å². The molecule has 0 bridgehead atoms. The molecule has 148 valence electrons. The Hall–Kier alpha value is -2.87. The fraction of sp³-hybridized carbons (Fsp3) is 0.350. The number of benzene rings is 1. The predicted molar refractivity (Wildman–Crippen MR) is 110 cm³/mol. The quantitative estimate of drug-likeness (QED) is 0.665. The molecule has 2 amide bonds. The van der Waals surface area contributed by atoms with Gasteiger partial charge in [0.05, 0.1) is 29.4 Å². The highest BCUT2D eigenvalue weighted by Crippen LogP contribution is 2.31. The van der Waals surface area contributed by atoms with Crippen molar-refractivity contribution in [3.63, 3.8) is 0 Å². The first-order valence-corrected chi connectivity index (χ1v) is 9.86. The Labute approximate surface area is 167 Å². The van der Waals surface area contributed by atoms with Gasteiger partial charge in [0.25, 0.3) is 0 Å². The highest BCUT2D eigenvalue weighted by molar-refractivity contribution is 7.18. The van der Waals surface area contributed by atoms with Gasteiger partial charge in [0, 0.05) is 0 Å². The number of hydrogen-bond acceptors (Lipinski definition) is 6. The second-order valence-electron chi connectivity index (χ2n) is 6.76. The summed E-state index contributed by atoms with van der Waals surface area (Å²) >= 11 is 1.16. The minimum absolute atomic E-state index is 0.0239. The molecule has 0 fully saturated rings. The van der Waals surface area contributed by atoms with Gasteiger partial charge in [0.15, 0.2) is 0 Å². The van der Waals surface area contributed by atoms with Crippen molar-refractivity contribution in [1.29, 1.82) is 0 Å². The summed E-state index contributed by atoms with van der Waals surface area (Å²) in [7, 11) is 0. The molecule has 0 saturated heterocycles. The number of aryl methyl sites for hydroxylation is 3. The van der Waals surface area contributed by atoms with Crippen LogP contribution in [0.5, 0.6) is 0 Å². The smallest absolute Gasteiger partial charge is 0.348 e. The van der Waals surface area contributed by atoms with Crippen LogP contribution in [0.1, 0.15) is 39.7 Å². The lowest BCUT2D eigenvalue weighted by molar-refractivity contribution is -0.122. The molecule has 1 aliphatic heterocycles. The maximum absolute atomic E-state index is 12.4. The van der Waals surface area contributed by atoms with Crippen LogP contribution in [-0.4, -0.2) is 30.4 Å². The van der Waals surface area contributed by atoms with E-state index in [1.807, 2.05) is 26.0 Å². The molecular weight excluding hydrogens is 378 g/mol. The van der Waals surface area contributed by atoms with E-state index in [-0.39, 0.29) is 18.2 Å². The van der Waals surface area contributed by atoms with Crippen LogP contribution in [0.3, 0.4) is 0 Å². The molecule has 0 spiro atoms. The lowest BCUT2D eigenvalue weighted by atomic mass is 10.0. The minimum atomic E-state index is -0.666. The Kier molecular flexibility index (Phi) is 5.69. The molecule has 2 aromatic rings. The summed E-state index contributed by atoms with van der Waals surface area (Å²) < 4.78 is 5.01. The summed E-state index contributed by atoms with van der Waals surface area (Å²) in [6.45, 7) is 7.80. The average molecular weight is 401 g/mol. The summed E-state index contributed by atoms with van der Waals surface area (Å²) in [6, 6.07) is 4.94. The highest BCUT2D eigenvalue weighted by Gasteiger charge is 2.28. The third kappa shape index (κ3) is 4.17. The van der Waals surface area contributed by atoms with Gasteiger partial charge < -0.3 is 20.7 Å². The van der Waals surface area contributed by atoms with E-state index in [1.54, 1.807) is 19.9 Å². The molecule has 28 heavy (non-hydrogen) atoms. The van der Waals surface area contributed by atoms with E-state index in [9.17, 15) is 14.4 Å². The molecular formula is C20H23N3O4S. The third-order valence-electron chi connectivity index (χ3n) is 4.57. The van der Waals surface area contributed by atoms with Gasteiger partial charge >= 0.3 is 5.97 Å². The van der Waals surface area contributed by atoms with Gasteiger partial charge in [-0.2, -0.15) is 0 Å². The van der Waals surface area contributed by atoms with Crippen LogP contribution in [0.4, 0.5) is 16.4 Å². The third-order valence-corrected chi connectivity index (χ3v) is 5.70. The second-order valence-corrected chi connectivity index (χ2v) is 7.82. The van der Waals surface area contributed by atoms with E-state index in [1.165, 1.54) is 0 Å². The second kappa shape index (κ2) is 8.02. The van der Waals surface area contributed by atoms with Crippen LogP contribution in [0.15, 0.2) is 18.2 Å². The number of fused-ring (bicyclic) bond motifs is 1. The topological polar surface area (TPSA) is 96.5 Å². The number of carbonyl (C=O) groups is 3. The number of ether oxygens (including phenoxy) is 1. The molecule has 1 aromatic carbocycles. The molecule has 1 aliphatic rings. The van der Waals surface area contributed by atoms with Gasteiger partial charge in [-0.15, -0.1) is 11.3 Å². The number of rotatable bonds is 5. The molecule has 1 atom stereocenters. The molecule has 3 rings (SSSR count). The Morgan fingerprint density at radius 1 is 1.11 bits per heavy atom. The summed E-state index contributed by atoms with van der Waals surface area (Å²) in [4.78, 5) is 37.2. The van der Waals surface area contributed by atoms with Gasteiger partial charge in [-0.25, -0.2) is 4.79 Å². The first-order chi connectivity index (χ1) is 13.3. The Bertz CT molecular complexity index is 951. The number of nitrogens with one attached hydrogen (secondary N) is 3. The standard InChI is InChI=1S/C20H23N3O4S/c1-5-27-20(26)18-12(4)8-17(28-18)23-16(24)9-15-19(25)22-14-7-11(3)10(2)6-13(14)21-15/h6-8,15,21H,5,9H2,1-4H3,(H,22,25)(H,23,24). The fourth-order valence-corrected chi connectivity index (χ4v) is 3.96. The van der Waals surface area contributed by atoms with Crippen LogP contribution in [0.25, 0.3) is 0 Å². The Morgan fingerprint density at radius 3 is 2.46 bits per heavy atom. The number of hydrogen-bond donors (Lipinski definition) is 3. The van der Waals surface area contributed by atoms with Gasteiger partial charge in [0.2, 0.25) is 11.8 Å². The monoisotopic (exact) mass is 401 g/mol. The summed E-state index contributed by atoms with van der Waals surface area (Å²) in [6.07, 6.45) is -0.0239. The number of carbonyl (C=O) groups excluding carboxylic acids is 3. The van der Waals surface area contributed by atoms with Gasteiger partial charge in [-0.1, -0.05) is 0 Å². The zero-order valence-electron chi connectivity index (χ0n) is 16.3. The predicted octanol–water partition coefficient (Wildman–Crippen LogP) is 3.61. The average Bonchev–Trinajstić information content (AvgIpc) is 2.98. The summed E-state index contributed by atoms with van der Waals surface area (Å²) in [5.41, 5.74) is 4.45. The van der Waals surface area contributed by atoms with E-state index in [2.05, 4.69) is 16.0 Å². The van der Waals surface area contributed by atoms with Crippen molar-refractivity contribution in [1.82, 2.24) is 0 Å². The Balaban J connectivity index is 1.67. The highest BCUT2D eigenvalue weighted by atomic mass is 32.1. The van der Waals surface area contributed by atoms with E-state index in [0.29, 0.717) is 16.5 Å². The van der Waals surface area contributed by atoms with E-state index >= 15 is 0 Å². The SMILES string of the molecule is CCOC(=O)c1sc(NC(=O)CC2Nc3cc(C)c(C)cc3NC2=O)cc1C. The van der Waals surface area contributed by atoms with Crippen molar-refractivity contribution in [2.45, 2.75) is 40.2 Å². The van der Waals surface area contributed by atoms with Gasteiger partial charge in [-0.05, 0) is 62.6 Å². The molecule has 0 saturated carbocycles. The first-order valence-electron chi connectivity index (χ1n) is 9.04. The van der Waals surface area contributed by atoms with Crippen molar-refractivity contribution < 1.29 is 19.1 Å². The normalized spacial score (nSPS) is 15.3. The van der Waals surface area contributed by atoms with Crippen LogP contribution >= 0.6 is 11.3 Å². The van der Waals surface area contributed by atoms with Crippen molar-refractivity contribution in [3.05, 3.63) is 39.8 Å². The number of anilines is 3. The van der Waals surface area contributed by atoms with E-state index < -0.39 is 12.0 Å². The number of esters is 1. The molecule has 2 heterocycles. The maximum atomic E-state index is 12.4. The lowest BCUT2D eigenvalue weighted by Gasteiger charge is -2.27. The van der Waals surface area contributed by atoms with Crippen LogP contribution in [0.2, 0.25) is 0 Å². The molecule has 8 heteroatoms. The van der Waals surface area contributed by atoms with Crippen molar-refractivity contribution in [2.75, 3.05) is 22.6 Å². The zero-order valence-corrected chi connectivity index (χ0v) is 17.1.